The largest absolute Gasteiger partial charge is 0.390 e. The number of nitrogens with one attached hydrogen (secondary N) is 1. The monoisotopic (exact) mass is 487 g/mol. The third-order valence-corrected chi connectivity index (χ3v) is 7.86. The molecule has 0 aliphatic carbocycles. The normalized spacial score (nSPS) is 18.2. The number of aliphatic hydroxyl groups excluding tert-OH is 1. The highest BCUT2D eigenvalue weighted by Crippen LogP contribution is 2.41. The quantitative estimate of drug-likeness (QED) is 0.453. The van der Waals surface area contributed by atoms with Crippen LogP contribution < -0.4 is 4.90 Å². The number of rotatable bonds is 3. The molecule has 9 nitrogen and oxygen atoms in total. The molecule has 2 aliphatic heterocycles. The number of hydrogen-bond donors (Lipinski definition) is 2. The molecule has 6 rings (SSSR count). The van der Waals surface area contributed by atoms with Crippen LogP contribution >= 0.6 is 23.2 Å². The van der Waals surface area contributed by atoms with E-state index < -0.39 is 0 Å². The Bertz CT molecular complexity index is 1370. The molecular formula is C22H23Cl2N7O2. The molecule has 172 valence electrons. The molecule has 0 unspecified atom stereocenters. The van der Waals surface area contributed by atoms with Crippen molar-refractivity contribution in [2.45, 2.75) is 25.9 Å². The van der Waals surface area contributed by atoms with Gasteiger partial charge in [0.05, 0.1) is 34.8 Å². The topological polar surface area (TPSA) is 105 Å². The first-order chi connectivity index (χ1) is 16.0. The maximum Gasteiger partial charge on any atom is 0.202 e. The Morgan fingerprint density at radius 1 is 1.18 bits per heavy atom. The summed E-state index contributed by atoms with van der Waals surface area (Å²) < 4.78 is 7.23. The van der Waals surface area contributed by atoms with E-state index in [0.717, 1.165) is 45.6 Å². The fourth-order valence-corrected chi connectivity index (χ4v) is 5.67. The number of anilines is 1. The van der Waals surface area contributed by atoms with Gasteiger partial charge in [-0.05, 0) is 36.8 Å². The predicted molar refractivity (Wildman–Crippen MR) is 127 cm³/mol. The van der Waals surface area contributed by atoms with Crippen molar-refractivity contribution in [3.05, 3.63) is 28.0 Å². The number of aryl methyl sites for hydroxylation is 1. The Morgan fingerprint density at radius 2 is 2.00 bits per heavy atom. The minimum atomic E-state index is -0.213. The van der Waals surface area contributed by atoms with Crippen LogP contribution in [-0.4, -0.2) is 61.4 Å². The maximum absolute atomic E-state index is 10.1. The number of nitrogens with zero attached hydrogens (tertiary/aromatic N) is 6. The second kappa shape index (κ2) is 7.80. The summed E-state index contributed by atoms with van der Waals surface area (Å²) in [6, 6.07) is 3.73. The number of fused-ring (bicyclic) bond motifs is 2. The standard InChI is InChI=1S/C22H23Cl2N7O2/c1-30-19(24)15-13(29-30)3-2-12(16(15)23)17-18-20(28-27-17)26-21(14(10-32)25-18)31-7-4-22(5-8-31)6-9-33-11-22/h2-3,32H,4-11H2,1H3,(H,26,27,28). The average molecular weight is 488 g/mol. The van der Waals surface area contributed by atoms with Gasteiger partial charge < -0.3 is 14.7 Å². The van der Waals surface area contributed by atoms with Crippen molar-refractivity contribution < 1.29 is 9.84 Å². The molecule has 0 bridgehead atoms. The van der Waals surface area contributed by atoms with Crippen molar-refractivity contribution in [3.8, 4) is 11.3 Å². The minimum Gasteiger partial charge on any atom is -0.390 e. The van der Waals surface area contributed by atoms with Crippen molar-refractivity contribution in [2.75, 3.05) is 31.2 Å². The smallest absolute Gasteiger partial charge is 0.202 e. The number of H-pyrrole nitrogens is 1. The van der Waals surface area contributed by atoms with Gasteiger partial charge in [-0.3, -0.25) is 9.78 Å². The van der Waals surface area contributed by atoms with Crippen LogP contribution in [0.25, 0.3) is 33.3 Å². The first kappa shape index (κ1) is 21.1. The molecule has 0 saturated carbocycles. The Morgan fingerprint density at radius 3 is 2.73 bits per heavy atom. The minimum absolute atomic E-state index is 0.213. The molecule has 1 spiro atoms. The van der Waals surface area contributed by atoms with Crippen molar-refractivity contribution in [1.29, 1.82) is 0 Å². The lowest BCUT2D eigenvalue weighted by atomic mass is 9.78. The average Bonchev–Trinajstić information content (AvgIpc) is 3.52. The summed E-state index contributed by atoms with van der Waals surface area (Å²) in [5, 5.41) is 23.5. The van der Waals surface area contributed by atoms with Gasteiger partial charge in [0.25, 0.3) is 0 Å². The van der Waals surface area contributed by atoms with E-state index in [1.165, 1.54) is 0 Å². The van der Waals surface area contributed by atoms with Crippen LogP contribution in [0.15, 0.2) is 12.1 Å². The van der Waals surface area contributed by atoms with E-state index in [2.05, 4.69) is 20.2 Å². The second-order valence-corrected chi connectivity index (χ2v) is 9.68. The zero-order valence-electron chi connectivity index (χ0n) is 18.1. The number of hydrogen-bond acceptors (Lipinski definition) is 7. The SMILES string of the molecule is Cn1nc2ccc(-c3[nH]nc4nc(N5CCC6(CCOC6)CC5)c(CO)nc34)c(Cl)c2c1Cl. The summed E-state index contributed by atoms with van der Waals surface area (Å²) in [6.07, 6.45) is 3.21. The maximum atomic E-state index is 10.1. The highest BCUT2D eigenvalue weighted by Gasteiger charge is 2.38. The lowest BCUT2D eigenvalue weighted by molar-refractivity contribution is 0.133. The summed E-state index contributed by atoms with van der Waals surface area (Å²) >= 11 is 13.2. The van der Waals surface area contributed by atoms with Crippen molar-refractivity contribution in [1.82, 2.24) is 29.9 Å². The number of aromatic nitrogens is 6. The van der Waals surface area contributed by atoms with Gasteiger partial charge in [-0.1, -0.05) is 23.2 Å². The van der Waals surface area contributed by atoms with Gasteiger partial charge in [-0.25, -0.2) is 9.97 Å². The van der Waals surface area contributed by atoms with Crippen LogP contribution in [0.5, 0.6) is 0 Å². The lowest BCUT2D eigenvalue weighted by Gasteiger charge is -2.39. The number of aromatic amines is 1. The highest BCUT2D eigenvalue weighted by molar-refractivity contribution is 6.43. The first-order valence-corrected chi connectivity index (χ1v) is 11.7. The molecule has 2 aliphatic rings. The number of halogens is 2. The van der Waals surface area contributed by atoms with Gasteiger partial charge >= 0.3 is 0 Å². The fraction of sp³-hybridized carbons (Fsp3) is 0.455. The van der Waals surface area contributed by atoms with Crippen molar-refractivity contribution >= 4 is 51.1 Å². The summed E-state index contributed by atoms with van der Waals surface area (Å²) in [5.41, 5.74) is 3.90. The summed E-state index contributed by atoms with van der Waals surface area (Å²) in [7, 11) is 1.77. The predicted octanol–water partition coefficient (Wildman–Crippen LogP) is 3.71. The molecule has 4 aromatic rings. The molecule has 1 aromatic carbocycles. The number of aliphatic hydroxyl groups is 1. The fourth-order valence-electron chi connectivity index (χ4n) is 5.05. The molecule has 33 heavy (non-hydrogen) atoms. The van der Waals surface area contributed by atoms with Crippen LogP contribution in [-0.2, 0) is 18.4 Å². The summed E-state index contributed by atoms with van der Waals surface area (Å²) in [6.45, 7) is 3.19. The van der Waals surface area contributed by atoms with E-state index in [4.69, 9.17) is 37.9 Å². The molecule has 2 N–H and O–H groups in total. The Kier molecular flexibility index (Phi) is 4.99. The van der Waals surface area contributed by atoms with E-state index in [-0.39, 0.29) is 12.0 Å². The van der Waals surface area contributed by atoms with Crippen LogP contribution in [0.4, 0.5) is 5.82 Å². The zero-order chi connectivity index (χ0) is 22.7. The number of ether oxygens (including phenoxy) is 1. The van der Waals surface area contributed by atoms with Crippen LogP contribution in [0.1, 0.15) is 25.0 Å². The van der Waals surface area contributed by atoms with Gasteiger partial charge in [0.2, 0.25) is 5.65 Å². The van der Waals surface area contributed by atoms with Crippen LogP contribution in [0.3, 0.4) is 0 Å². The molecule has 0 atom stereocenters. The molecule has 2 saturated heterocycles. The van der Waals surface area contributed by atoms with E-state index >= 15 is 0 Å². The molecule has 2 fully saturated rings. The molecule has 3 aromatic heterocycles. The van der Waals surface area contributed by atoms with Gasteiger partial charge in [-0.2, -0.15) is 10.2 Å². The van der Waals surface area contributed by atoms with Gasteiger partial charge in [0.15, 0.2) is 5.82 Å². The summed E-state index contributed by atoms with van der Waals surface area (Å²) in [5.74, 6) is 0.689. The highest BCUT2D eigenvalue weighted by atomic mass is 35.5. The Hall–Kier alpha value is -2.46. The van der Waals surface area contributed by atoms with Gasteiger partial charge in [0.1, 0.15) is 16.4 Å². The van der Waals surface area contributed by atoms with E-state index in [9.17, 15) is 5.11 Å². The van der Waals surface area contributed by atoms with E-state index in [0.29, 0.717) is 55.0 Å². The van der Waals surface area contributed by atoms with Crippen molar-refractivity contribution in [2.24, 2.45) is 12.5 Å². The van der Waals surface area contributed by atoms with Gasteiger partial charge in [0, 0.05) is 32.3 Å². The zero-order valence-corrected chi connectivity index (χ0v) is 19.6. The number of piperidine rings is 1. The van der Waals surface area contributed by atoms with E-state index in [1.807, 2.05) is 12.1 Å². The van der Waals surface area contributed by atoms with E-state index in [1.54, 1.807) is 11.7 Å². The molecule has 5 heterocycles. The number of benzene rings is 1. The molecule has 0 radical (unpaired) electrons. The third kappa shape index (κ3) is 3.29. The van der Waals surface area contributed by atoms with Crippen LogP contribution in [0, 0.1) is 5.41 Å². The molecular weight excluding hydrogens is 465 g/mol. The van der Waals surface area contributed by atoms with Crippen LogP contribution in [0.2, 0.25) is 10.2 Å². The first-order valence-electron chi connectivity index (χ1n) is 11.0. The van der Waals surface area contributed by atoms with Crippen molar-refractivity contribution in [3.63, 3.8) is 0 Å². The Labute approximate surface area is 199 Å². The Balaban J connectivity index is 1.40. The summed E-state index contributed by atoms with van der Waals surface area (Å²) in [4.78, 5) is 11.7. The second-order valence-electron chi connectivity index (χ2n) is 8.95. The molecule has 0 amide bonds. The van der Waals surface area contributed by atoms with Gasteiger partial charge in [-0.15, -0.1) is 0 Å². The lowest BCUT2D eigenvalue weighted by Crippen LogP contribution is -2.41. The molecule has 11 heteroatoms. The third-order valence-electron chi connectivity index (χ3n) is 7.03.